The van der Waals surface area contributed by atoms with E-state index in [0.29, 0.717) is 12.8 Å². The average molecular weight is 254 g/mol. The standard InChI is InChI=1S/C12H15FN2O3/c1-2-5-10(11(16)17)15-12(18)14-9-7-4-3-6-8(9)13/h3-4,6-7,10H,2,5H2,1H3,(H,16,17)(H2,14,15,18)/t10-/m0/s1. The third kappa shape index (κ3) is 4.04. The van der Waals surface area contributed by atoms with Crippen molar-refractivity contribution in [3.05, 3.63) is 30.1 Å². The van der Waals surface area contributed by atoms with Gasteiger partial charge in [0, 0.05) is 0 Å². The number of rotatable bonds is 5. The molecule has 0 saturated heterocycles. The number of halogens is 1. The Hall–Kier alpha value is -2.11. The molecule has 2 amide bonds. The largest absolute Gasteiger partial charge is 0.480 e. The van der Waals surface area contributed by atoms with E-state index in [9.17, 15) is 14.0 Å². The summed E-state index contributed by atoms with van der Waals surface area (Å²) >= 11 is 0. The zero-order valence-electron chi connectivity index (χ0n) is 9.94. The fraction of sp³-hybridized carbons (Fsp3) is 0.333. The molecule has 5 nitrogen and oxygen atoms in total. The minimum Gasteiger partial charge on any atom is -0.480 e. The SMILES string of the molecule is CCC[C@H](NC(=O)Nc1ccccc1F)C(=O)O. The Morgan fingerprint density at radius 1 is 1.39 bits per heavy atom. The maximum Gasteiger partial charge on any atom is 0.326 e. The molecule has 0 heterocycles. The topological polar surface area (TPSA) is 78.4 Å². The second-order valence-electron chi connectivity index (χ2n) is 3.76. The molecule has 18 heavy (non-hydrogen) atoms. The van der Waals surface area contributed by atoms with E-state index < -0.39 is 23.9 Å². The number of benzene rings is 1. The Morgan fingerprint density at radius 2 is 2.06 bits per heavy atom. The molecule has 0 saturated carbocycles. The molecule has 0 radical (unpaired) electrons. The molecule has 0 unspecified atom stereocenters. The van der Waals surface area contributed by atoms with Gasteiger partial charge in [0.25, 0.3) is 0 Å². The summed E-state index contributed by atoms with van der Waals surface area (Å²) in [5.74, 6) is -1.68. The van der Waals surface area contributed by atoms with Crippen LogP contribution >= 0.6 is 0 Å². The number of carbonyl (C=O) groups is 2. The summed E-state index contributed by atoms with van der Waals surface area (Å²) in [6, 6.07) is 3.96. The van der Waals surface area contributed by atoms with Crippen LogP contribution in [0.5, 0.6) is 0 Å². The van der Waals surface area contributed by atoms with Gasteiger partial charge in [-0.1, -0.05) is 25.5 Å². The Kier molecular flexibility index (Phi) is 5.10. The maximum atomic E-state index is 13.2. The van der Waals surface area contributed by atoms with Gasteiger partial charge >= 0.3 is 12.0 Å². The quantitative estimate of drug-likeness (QED) is 0.753. The normalized spacial score (nSPS) is 11.7. The Balaban J connectivity index is 2.61. The van der Waals surface area contributed by atoms with Crippen LogP contribution in [0.1, 0.15) is 19.8 Å². The number of urea groups is 1. The number of para-hydroxylation sites is 1. The van der Waals surface area contributed by atoms with Crippen molar-refractivity contribution in [3.8, 4) is 0 Å². The van der Waals surface area contributed by atoms with Crippen molar-refractivity contribution in [1.29, 1.82) is 0 Å². The van der Waals surface area contributed by atoms with Gasteiger partial charge in [-0.05, 0) is 18.6 Å². The van der Waals surface area contributed by atoms with Crippen LogP contribution in [-0.2, 0) is 4.79 Å². The number of carboxylic acids is 1. The predicted molar refractivity (Wildman–Crippen MR) is 64.9 cm³/mol. The lowest BCUT2D eigenvalue weighted by atomic mass is 10.2. The van der Waals surface area contributed by atoms with Gasteiger partial charge in [-0.2, -0.15) is 0 Å². The van der Waals surface area contributed by atoms with E-state index in [2.05, 4.69) is 10.6 Å². The van der Waals surface area contributed by atoms with Crippen LogP contribution in [0.25, 0.3) is 0 Å². The molecule has 3 N–H and O–H groups in total. The predicted octanol–water partition coefficient (Wildman–Crippen LogP) is 2.20. The van der Waals surface area contributed by atoms with Gasteiger partial charge in [0.2, 0.25) is 0 Å². The first kappa shape index (κ1) is 14.0. The summed E-state index contributed by atoms with van der Waals surface area (Å²) in [6.07, 6.45) is 0.941. The summed E-state index contributed by atoms with van der Waals surface area (Å²) in [5, 5.41) is 13.4. The number of hydrogen-bond donors (Lipinski definition) is 3. The van der Waals surface area contributed by atoms with Gasteiger partial charge in [0.15, 0.2) is 0 Å². The van der Waals surface area contributed by atoms with Crippen LogP contribution in [0.2, 0.25) is 0 Å². The third-order valence-corrected chi connectivity index (χ3v) is 2.30. The summed E-state index contributed by atoms with van der Waals surface area (Å²) in [5.41, 5.74) is 0.00985. The van der Waals surface area contributed by atoms with Crippen molar-refractivity contribution in [2.24, 2.45) is 0 Å². The van der Waals surface area contributed by atoms with Crippen LogP contribution in [-0.4, -0.2) is 23.1 Å². The number of hydrogen-bond acceptors (Lipinski definition) is 2. The summed E-state index contributed by atoms with van der Waals surface area (Å²) in [6.45, 7) is 1.81. The van der Waals surface area contributed by atoms with Crippen LogP contribution in [0, 0.1) is 5.82 Å². The van der Waals surface area contributed by atoms with Gasteiger partial charge in [-0.25, -0.2) is 14.0 Å². The molecule has 1 aromatic carbocycles. The Labute approximate surface area is 104 Å². The van der Waals surface area contributed by atoms with E-state index in [-0.39, 0.29) is 5.69 Å². The fourth-order valence-electron chi connectivity index (χ4n) is 1.43. The van der Waals surface area contributed by atoms with Gasteiger partial charge < -0.3 is 15.7 Å². The number of aliphatic carboxylic acids is 1. The molecule has 1 aromatic rings. The first-order valence-corrected chi connectivity index (χ1v) is 5.59. The molecule has 0 aromatic heterocycles. The molecule has 0 aliphatic rings. The monoisotopic (exact) mass is 254 g/mol. The van der Waals surface area contributed by atoms with Gasteiger partial charge in [-0.3, -0.25) is 0 Å². The van der Waals surface area contributed by atoms with Crippen molar-refractivity contribution < 1.29 is 19.1 Å². The minimum atomic E-state index is -1.11. The molecule has 0 fully saturated rings. The summed E-state index contributed by atoms with van der Waals surface area (Å²) in [4.78, 5) is 22.3. The van der Waals surface area contributed by atoms with Crippen molar-refractivity contribution in [2.75, 3.05) is 5.32 Å². The zero-order valence-corrected chi connectivity index (χ0v) is 9.94. The van der Waals surface area contributed by atoms with Gasteiger partial charge in [0.05, 0.1) is 5.69 Å². The van der Waals surface area contributed by atoms with E-state index in [4.69, 9.17) is 5.11 Å². The fourth-order valence-corrected chi connectivity index (χ4v) is 1.43. The highest BCUT2D eigenvalue weighted by Gasteiger charge is 2.19. The van der Waals surface area contributed by atoms with Crippen molar-refractivity contribution in [1.82, 2.24) is 5.32 Å². The lowest BCUT2D eigenvalue weighted by Gasteiger charge is -2.14. The van der Waals surface area contributed by atoms with Crippen LogP contribution < -0.4 is 10.6 Å². The second-order valence-corrected chi connectivity index (χ2v) is 3.76. The van der Waals surface area contributed by atoms with Crippen LogP contribution in [0.4, 0.5) is 14.9 Å². The molecule has 6 heteroatoms. The highest BCUT2D eigenvalue weighted by Crippen LogP contribution is 2.12. The first-order chi connectivity index (χ1) is 8.54. The molecular weight excluding hydrogens is 239 g/mol. The van der Waals surface area contributed by atoms with Crippen LogP contribution in [0.15, 0.2) is 24.3 Å². The van der Waals surface area contributed by atoms with E-state index in [1.54, 1.807) is 6.07 Å². The van der Waals surface area contributed by atoms with Crippen molar-refractivity contribution in [2.45, 2.75) is 25.8 Å². The number of anilines is 1. The summed E-state index contributed by atoms with van der Waals surface area (Å²) < 4.78 is 13.2. The average Bonchev–Trinajstić information content (AvgIpc) is 2.31. The van der Waals surface area contributed by atoms with E-state index in [0.717, 1.165) is 0 Å². The van der Waals surface area contributed by atoms with Crippen LogP contribution in [0.3, 0.4) is 0 Å². The molecule has 1 rings (SSSR count). The highest BCUT2D eigenvalue weighted by atomic mass is 19.1. The number of nitrogens with one attached hydrogen (secondary N) is 2. The molecule has 0 aliphatic heterocycles. The number of amides is 2. The van der Waals surface area contributed by atoms with Gasteiger partial charge in [-0.15, -0.1) is 0 Å². The Morgan fingerprint density at radius 3 is 2.61 bits per heavy atom. The lowest BCUT2D eigenvalue weighted by Crippen LogP contribution is -2.43. The van der Waals surface area contributed by atoms with E-state index in [1.165, 1.54) is 18.2 Å². The lowest BCUT2D eigenvalue weighted by molar-refractivity contribution is -0.139. The van der Waals surface area contributed by atoms with Gasteiger partial charge in [0.1, 0.15) is 11.9 Å². The molecule has 0 spiro atoms. The Bertz CT molecular complexity index is 437. The molecule has 0 bridgehead atoms. The van der Waals surface area contributed by atoms with Crippen molar-refractivity contribution in [3.63, 3.8) is 0 Å². The molecular formula is C12H15FN2O3. The minimum absolute atomic E-state index is 0.00985. The maximum absolute atomic E-state index is 13.2. The smallest absolute Gasteiger partial charge is 0.326 e. The molecule has 1 atom stereocenters. The molecule has 98 valence electrons. The zero-order chi connectivity index (χ0) is 13.5. The number of carbonyl (C=O) groups excluding carboxylic acids is 1. The first-order valence-electron chi connectivity index (χ1n) is 5.59. The number of carboxylic acid groups (broad SMARTS) is 1. The van der Waals surface area contributed by atoms with E-state index in [1.807, 2.05) is 6.92 Å². The van der Waals surface area contributed by atoms with E-state index >= 15 is 0 Å². The second kappa shape index (κ2) is 6.58. The third-order valence-electron chi connectivity index (χ3n) is 2.30. The summed E-state index contributed by atoms with van der Waals surface area (Å²) in [7, 11) is 0. The highest BCUT2D eigenvalue weighted by molar-refractivity contribution is 5.92. The molecule has 0 aliphatic carbocycles. The van der Waals surface area contributed by atoms with Crippen molar-refractivity contribution >= 4 is 17.7 Å².